The molecular formula is C19H22Cl5N5. The van der Waals surface area contributed by atoms with Crippen LogP contribution < -0.4 is 10.6 Å². The molecule has 0 aliphatic carbocycles. The zero-order chi connectivity index (χ0) is 21.6. The fraction of sp³-hybridized carbons (Fsp3) is 0.526. The standard InChI is InChI=1S/C19H22Cl5N5/c1-17(2)8-11(9-18(3,4)29-17)25-16-27-14(26-15(28-16)19(22,23)24)10-5-6-12(20)13(21)7-10/h5-7,11,29H,8-9H2,1-4H3,(H,25,26,27,28). The van der Waals surface area contributed by atoms with Gasteiger partial charge in [0, 0.05) is 22.7 Å². The van der Waals surface area contributed by atoms with E-state index in [9.17, 15) is 0 Å². The Morgan fingerprint density at radius 1 is 0.966 bits per heavy atom. The van der Waals surface area contributed by atoms with E-state index in [0.29, 0.717) is 27.4 Å². The van der Waals surface area contributed by atoms with E-state index < -0.39 is 3.79 Å². The number of alkyl halides is 3. The quantitative estimate of drug-likeness (QED) is 0.481. The number of nitrogens with one attached hydrogen (secondary N) is 2. The molecule has 0 amide bonds. The highest BCUT2D eigenvalue weighted by atomic mass is 35.6. The summed E-state index contributed by atoms with van der Waals surface area (Å²) in [5.74, 6) is 0.726. The van der Waals surface area contributed by atoms with E-state index in [1.807, 2.05) is 0 Å². The molecule has 5 nitrogen and oxygen atoms in total. The molecule has 2 heterocycles. The number of hydrogen-bond donors (Lipinski definition) is 2. The predicted octanol–water partition coefficient (Wildman–Crippen LogP) is 6.39. The molecule has 0 unspecified atom stereocenters. The molecule has 0 saturated carbocycles. The molecule has 2 aromatic rings. The van der Waals surface area contributed by atoms with Crippen molar-refractivity contribution in [3.05, 3.63) is 34.1 Å². The molecule has 158 valence electrons. The van der Waals surface area contributed by atoms with E-state index in [4.69, 9.17) is 58.0 Å². The van der Waals surface area contributed by atoms with Crippen molar-refractivity contribution in [2.45, 2.75) is 61.4 Å². The third-order valence-electron chi connectivity index (χ3n) is 4.59. The molecule has 29 heavy (non-hydrogen) atoms. The van der Waals surface area contributed by atoms with Crippen LogP contribution in [0.1, 0.15) is 46.4 Å². The van der Waals surface area contributed by atoms with E-state index in [1.54, 1.807) is 18.2 Å². The van der Waals surface area contributed by atoms with Gasteiger partial charge in [0.2, 0.25) is 9.74 Å². The van der Waals surface area contributed by atoms with Gasteiger partial charge < -0.3 is 10.6 Å². The molecule has 0 radical (unpaired) electrons. The summed E-state index contributed by atoms with van der Waals surface area (Å²) in [5, 5.41) is 7.87. The third-order valence-corrected chi connectivity index (χ3v) is 5.84. The number of aromatic nitrogens is 3. The maximum atomic E-state index is 6.15. The zero-order valence-electron chi connectivity index (χ0n) is 16.5. The van der Waals surface area contributed by atoms with Crippen LogP contribution in [0.2, 0.25) is 10.0 Å². The van der Waals surface area contributed by atoms with Crippen LogP contribution in [0.3, 0.4) is 0 Å². The Labute approximate surface area is 195 Å². The Morgan fingerprint density at radius 2 is 1.59 bits per heavy atom. The van der Waals surface area contributed by atoms with Gasteiger partial charge in [-0.05, 0) is 58.7 Å². The van der Waals surface area contributed by atoms with Crippen LogP contribution in [0, 0.1) is 0 Å². The first-order valence-electron chi connectivity index (χ1n) is 9.09. The molecule has 1 aliphatic heterocycles. The van der Waals surface area contributed by atoms with Gasteiger partial charge in [0.05, 0.1) is 10.0 Å². The summed E-state index contributed by atoms with van der Waals surface area (Å²) < 4.78 is -1.79. The summed E-state index contributed by atoms with van der Waals surface area (Å²) >= 11 is 30.4. The molecule has 0 spiro atoms. The number of nitrogens with zero attached hydrogens (tertiary/aromatic N) is 3. The lowest BCUT2D eigenvalue weighted by Gasteiger charge is -2.46. The first kappa shape index (κ1) is 23.1. The average Bonchev–Trinajstić information content (AvgIpc) is 2.53. The van der Waals surface area contributed by atoms with Gasteiger partial charge in [0.15, 0.2) is 11.6 Å². The summed E-state index contributed by atoms with van der Waals surface area (Å²) in [5.41, 5.74) is 0.556. The highest BCUT2D eigenvalue weighted by Crippen LogP contribution is 2.38. The van der Waals surface area contributed by atoms with E-state index in [2.05, 4.69) is 53.3 Å². The molecule has 10 heteroatoms. The Hall–Kier alpha value is -0.560. The van der Waals surface area contributed by atoms with Crippen molar-refractivity contribution in [3.8, 4) is 11.4 Å². The highest BCUT2D eigenvalue weighted by Gasteiger charge is 2.38. The van der Waals surface area contributed by atoms with Gasteiger partial charge in [-0.15, -0.1) is 0 Å². The van der Waals surface area contributed by atoms with E-state index in [-0.39, 0.29) is 22.9 Å². The summed E-state index contributed by atoms with van der Waals surface area (Å²) in [6.07, 6.45) is 1.76. The van der Waals surface area contributed by atoms with Gasteiger partial charge >= 0.3 is 0 Å². The van der Waals surface area contributed by atoms with Crippen molar-refractivity contribution in [1.82, 2.24) is 20.3 Å². The van der Waals surface area contributed by atoms with Crippen molar-refractivity contribution in [1.29, 1.82) is 0 Å². The number of benzene rings is 1. The second kappa shape index (κ2) is 8.18. The van der Waals surface area contributed by atoms with E-state index in [0.717, 1.165) is 12.8 Å². The SMILES string of the molecule is CC1(C)CC(Nc2nc(-c3ccc(Cl)c(Cl)c3)nc(C(Cl)(Cl)Cl)n2)CC(C)(C)N1. The number of halogens is 5. The van der Waals surface area contributed by atoms with Crippen LogP contribution in [0.15, 0.2) is 18.2 Å². The molecule has 0 atom stereocenters. The molecule has 0 bridgehead atoms. The summed E-state index contributed by atoms with van der Waals surface area (Å²) in [6.45, 7) is 8.68. The Morgan fingerprint density at radius 3 is 2.14 bits per heavy atom. The van der Waals surface area contributed by atoms with Crippen LogP contribution >= 0.6 is 58.0 Å². The second-order valence-electron chi connectivity index (χ2n) is 8.58. The summed E-state index contributed by atoms with van der Waals surface area (Å²) in [4.78, 5) is 13.2. The van der Waals surface area contributed by atoms with Gasteiger partial charge in [-0.3, -0.25) is 0 Å². The topological polar surface area (TPSA) is 62.7 Å². The van der Waals surface area contributed by atoms with Crippen molar-refractivity contribution >= 4 is 64.0 Å². The lowest BCUT2D eigenvalue weighted by atomic mass is 9.80. The van der Waals surface area contributed by atoms with Crippen LogP contribution in [0.25, 0.3) is 11.4 Å². The molecule has 1 saturated heterocycles. The van der Waals surface area contributed by atoms with Gasteiger partial charge in [-0.25, -0.2) is 4.98 Å². The smallest absolute Gasteiger partial charge is 0.250 e. The molecule has 2 N–H and O–H groups in total. The minimum absolute atomic E-state index is 0.0357. The predicted molar refractivity (Wildman–Crippen MR) is 122 cm³/mol. The Bertz CT molecular complexity index is 894. The Kier molecular flexibility index (Phi) is 6.51. The van der Waals surface area contributed by atoms with Gasteiger partial charge in [-0.2, -0.15) is 9.97 Å². The molecular weight excluding hydrogens is 476 g/mol. The monoisotopic (exact) mass is 495 g/mol. The lowest BCUT2D eigenvalue weighted by molar-refractivity contribution is 0.170. The highest BCUT2D eigenvalue weighted by molar-refractivity contribution is 6.66. The number of piperidine rings is 1. The third kappa shape index (κ3) is 5.99. The van der Waals surface area contributed by atoms with Crippen molar-refractivity contribution < 1.29 is 0 Å². The lowest BCUT2D eigenvalue weighted by Crippen LogP contribution is -2.60. The van der Waals surface area contributed by atoms with Gasteiger partial charge in [-0.1, -0.05) is 58.0 Å². The van der Waals surface area contributed by atoms with E-state index in [1.165, 1.54) is 0 Å². The molecule has 1 aliphatic rings. The normalized spacial score (nSPS) is 19.2. The van der Waals surface area contributed by atoms with Gasteiger partial charge in [0.25, 0.3) is 0 Å². The fourth-order valence-corrected chi connectivity index (χ4v) is 4.49. The number of rotatable bonds is 3. The first-order valence-corrected chi connectivity index (χ1v) is 11.0. The zero-order valence-corrected chi connectivity index (χ0v) is 20.2. The molecule has 3 rings (SSSR count). The number of hydrogen-bond acceptors (Lipinski definition) is 5. The summed E-state index contributed by atoms with van der Waals surface area (Å²) in [6, 6.07) is 5.23. The van der Waals surface area contributed by atoms with Gasteiger partial charge in [0.1, 0.15) is 0 Å². The second-order valence-corrected chi connectivity index (χ2v) is 11.7. The average molecular weight is 498 g/mol. The van der Waals surface area contributed by atoms with Crippen LogP contribution in [-0.4, -0.2) is 32.1 Å². The summed E-state index contributed by atoms with van der Waals surface area (Å²) in [7, 11) is 0. The maximum absolute atomic E-state index is 6.15. The van der Waals surface area contributed by atoms with Crippen LogP contribution in [0.4, 0.5) is 5.95 Å². The molecule has 1 aromatic carbocycles. The van der Waals surface area contributed by atoms with Crippen molar-refractivity contribution in [2.24, 2.45) is 0 Å². The first-order chi connectivity index (χ1) is 13.2. The minimum Gasteiger partial charge on any atom is -0.351 e. The van der Waals surface area contributed by atoms with Crippen LogP contribution in [0.5, 0.6) is 0 Å². The van der Waals surface area contributed by atoms with Crippen molar-refractivity contribution in [3.63, 3.8) is 0 Å². The van der Waals surface area contributed by atoms with Crippen molar-refractivity contribution in [2.75, 3.05) is 5.32 Å². The fourth-order valence-electron chi connectivity index (χ4n) is 3.94. The molecule has 1 fully saturated rings. The largest absolute Gasteiger partial charge is 0.351 e. The maximum Gasteiger partial charge on any atom is 0.250 e. The molecule has 1 aromatic heterocycles. The Balaban J connectivity index is 1.99. The van der Waals surface area contributed by atoms with Crippen LogP contribution in [-0.2, 0) is 3.79 Å². The number of anilines is 1. The van der Waals surface area contributed by atoms with E-state index >= 15 is 0 Å². The minimum atomic E-state index is -1.79.